The zero-order valence-electron chi connectivity index (χ0n) is 11.8. The Morgan fingerprint density at radius 1 is 1.40 bits per heavy atom. The van der Waals surface area contributed by atoms with Crippen molar-refractivity contribution in [2.75, 3.05) is 19.0 Å². The molecule has 0 saturated heterocycles. The van der Waals surface area contributed by atoms with E-state index in [9.17, 15) is 0 Å². The van der Waals surface area contributed by atoms with Crippen molar-refractivity contribution in [2.45, 2.75) is 25.8 Å². The fourth-order valence-corrected chi connectivity index (χ4v) is 2.32. The molecule has 0 aliphatic heterocycles. The first-order valence-electron chi connectivity index (χ1n) is 6.75. The van der Waals surface area contributed by atoms with Crippen LogP contribution in [0.1, 0.15) is 19.8 Å². The molecule has 1 aromatic heterocycles. The molecule has 0 aliphatic carbocycles. The van der Waals surface area contributed by atoms with E-state index in [0.29, 0.717) is 17.7 Å². The molecule has 2 rings (SSSR count). The van der Waals surface area contributed by atoms with Gasteiger partial charge >= 0.3 is 0 Å². The maximum atomic E-state index is 6.00. The number of anilines is 1. The summed E-state index contributed by atoms with van der Waals surface area (Å²) in [5.41, 5.74) is 7.34. The SMILES string of the molecule is COc1cc(NC(C)CCCN)c2nc(Cl)ccc2c1. The number of halogens is 1. The highest BCUT2D eigenvalue weighted by atomic mass is 35.5. The van der Waals surface area contributed by atoms with Crippen LogP contribution in [0.3, 0.4) is 0 Å². The second-order valence-corrected chi connectivity index (χ2v) is 5.24. The van der Waals surface area contributed by atoms with E-state index >= 15 is 0 Å². The topological polar surface area (TPSA) is 60.2 Å². The summed E-state index contributed by atoms with van der Waals surface area (Å²) in [6.45, 7) is 2.83. The number of aromatic nitrogens is 1. The van der Waals surface area contributed by atoms with Crippen LogP contribution in [0.4, 0.5) is 5.69 Å². The molecule has 0 bridgehead atoms. The van der Waals surface area contributed by atoms with Gasteiger partial charge < -0.3 is 15.8 Å². The van der Waals surface area contributed by atoms with E-state index in [1.165, 1.54) is 0 Å². The number of fused-ring (bicyclic) bond motifs is 1. The van der Waals surface area contributed by atoms with Crippen molar-refractivity contribution in [3.05, 3.63) is 29.4 Å². The predicted molar refractivity (Wildman–Crippen MR) is 84.7 cm³/mol. The monoisotopic (exact) mass is 293 g/mol. The first-order valence-corrected chi connectivity index (χ1v) is 7.12. The van der Waals surface area contributed by atoms with E-state index in [1.54, 1.807) is 13.2 Å². The Bertz CT molecular complexity index is 589. The molecular formula is C15H20ClN3O. The van der Waals surface area contributed by atoms with Crippen molar-refractivity contribution >= 4 is 28.2 Å². The van der Waals surface area contributed by atoms with Crippen LogP contribution >= 0.6 is 11.6 Å². The molecule has 1 unspecified atom stereocenters. The molecule has 1 heterocycles. The van der Waals surface area contributed by atoms with E-state index in [0.717, 1.165) is 35.2 Å². The molecule has 0 aliphatic rings. The van der Waals surface area contributed by atoms with Gasteiger partial charge in [0, 0.05) is 17.5 Å². The predicted octanol–water partition coefficient (Wildman–Crippen LogP) is 3.44. The standard InChI is InChI=1S/C15H20ClN3O/c1-10(4-3-7-17)18-13-9-12(20-2)8-11-5-6-14(16)19-15(11)13/h5-6,8-10,18H,3-4,7,17H2,1-2H3. The Hall–Kier alpha value is -1.52. The number of ether oxygens (including phenoxy) is 1. The van der Waals surface area contributed by atoms with Crippen LogP contribution in [0.15, 0.2) is 24.3 Å². The van der Waals surface area contributed by atoms with Gasteiger partial charge in [0.1, 0.15) is 10.9 Å². The fourth-order valence-electron chi connectivity index (χ4n) is 2.17. The number of hydrogen-bond donors (Lipinski definition) is 2. The van der Waals surface area contributed by atoms with E-state index in [-0.39, 0.29) is 0 Å². The number of hydrogen-bond acceptors (Lipinski definition) is 4. The minimum atomic E-state index is 0.314. The summed E-state index contributed by atoms with van der Waals surface area (Å²) >= 11 is 6.00. The number of nitrogens with two attached hydrogens (primary N) is 1. The van der Waals surface area contributed by atoms with Crippen LogP contribution in [0.25, 0.3) is 10.9 Å². The zero-order chi connectivity index (χ0) is 14.5. The van der Waals surface area contributed by atoms with Crippen molar-refractivity contribution in [3.8, 4) is 5.75 Å². The van der Waals surface area contributed by atoms with E-state index in [1.807, 2.05) is 18.2 Å². The van der Waals surface area contributed by atoms with Crippen LogP contribution in [-0.4, -0.2) is 24.7 Å². The van der Waals surface area contributed by atoms with Gasteiger partial charge in [-0.25, -0.2) is 4.98 Å². The van der Waals surface area contributed by atoms with E-state index < -0.39 is 0 Å². The van der Waals surface area contributed by atoms with Crippen molar-refractivity contribution < 1.29 is 4.74 Å². The maximum Gasteiger partial charge on any atom is 0.129 e. The molecule has 0 saturated carbocycles. The lowest BCUT2D eigenvalue weighted by Crippen LogP contribution is -2.17. The summed E-state index contributed by atoms with van der Waals surface area (Å²) in [5, 5.41) is 4.95. The number of rotatable bonds is 6. The molecule has 0 radical (unpaired) electrons. The highest BCUT2D eigenvalue weighted by molar-refractivity contribution is 6.29. The lowest BCUT2D eigenvalue weighted by molar-refractivity contribution is 0.415. The zero-order valence-corrected chi connectivity index (χ0v) is 12.6. The summed E-state index contributed by atoms with van der Waals surface area (Å²) in [5.74, 6) is 0.801. The van der Waals surface area contributed by atoms with Gasteiger partial charge in [-0.05, 0) is 44.5 Å². The second kappa shape index (κ2) is 6.77. The highest BCUT2D eigenvalue weighted by Gasteiger charge is 2.09. The number of nitrogens with one attached hydrogen (secondary N) is 1. The molecule has 0 amide bonds. The van der Waals surface area contributed by atoms with Crippen molar-refractivity contribution in [3.63, 3.8) is 0 Å². The van der Waals surface area contributed by atoms with Crippen molar-refractivity contribution in [1.29, 1.82) is 0 Å². The molecular weight excluding hydrogens is 274 g/mol. The summed E-state index contributed by atoms with van der Waals surface area (Å²) in [6, 6.07) is 7.95. The molecule has 5 heteroatoms. The molecule has 20 heavy (non-hydrogen) atoms. The van der Waals surface area contributed by atoms with Gasteiger partial charge in [0.05, 0.1) is 18.3 Å². The lowest BCUT2D eigenvalue weighted by Gasteiger charge is -2.17. The quantitative estimate of drug-likeness (QED) is 0.801. The Morgan fingerprint density at radius 3 is 2.90 bits per heavy atom. The molecule has 4 nitrogen and oxygen atoms in total. The molecule has 2 aromatic rings. The van der Waals surface area contributed by atoms with Crippen LogP contribution in [0.5, 0.6) is 5.75 Å². The lowest BCUT2D eigenvalue weighted by atomic mass is 10.1. The summed E-state index contributed by atoms with van der Waals surface area (Å²) in [4.78, 5) is 4.41. The Kier molecular flexibility index (Phi) is 5.04. The third-order valence-corrected chi connectivity index (χ3v) is 3.42. The number of methoxy groups -OCH3 is 1. The van der Waals surface area contributed by atoms with E-state index in [4.69, 9.17) is 22.1 Å². The number of nitrogens with zero attached hydrogens (tertiary/aromatic N) is 1. The van der Waals surface area contributed by atoms with Gasteiger partial charge in [-0.15, -0.1) is 0 Å². The average Bonchev–Trinajstić information content (AvgIpc) is 2.45. The smallest absolute Gasteiger partial charge is 0.129 e. The largest absolute Gasteiger partial charge is 0.497 e. The summed E-state index contributed by atoms with van der Waals surface area (Å²) < 4.78 is 5.34. The molecule has 1 atom stereocenters. The van der Waals surface area contributed by atoms with Gasteiger partial charge in [-0.2, -0.15) is 0 Å². The molecule has 1 aromatic carbocycles. The maximum absolute atomic E-state index is 6.00. The normalized spacial score (nSPS) is 12.4. The Balaban J connectivity index is 2.36. The van der Waals surface area contributed by atoms with Crippen LogP contribution in [0.2, 0.25) is 5.15 Å². The number of benzene rings is 1. The minimum absolute atomic E-state index is 0.314. The molecule has 0 spiro atoms. The first-order chi connectivity index (χ1) is 9.63. The van der Waals surface area contributed by atoms with Crippen molar-refractivity contribution in [2.24, 2.45) is 5.73 Å². The van der Waals surface area contributed by atoms with Crippen LogP contribution in [0, 0.1) is 0 Å². The Morgan fingerprint density at radius 2 is 2.20 bits per heavy atom. The van der Waals surface area contributed by atoms with Crippen molar-refractivity contribution in [1.82, 2.24) is 4.98 Å². The summed E-state index contributed by atoms with van der Waals surface area (Å²) in [7, 11) is 1.66. The van der Waals surface area contributed by atoms with Crippen LogP contribution in [-0.2, 0) is 0 Å². The van der Waals surface area contributed by atoms with E-state index in [2.05, 4.69) is 17.2 Å². The van der Waals surface area contributed by atoms with Gasteiger partial charge in [0.2, 0.25) is 0 Å². The van der Waals surface area contributed by atoms with Crippen LogP contribution < -0.4 is 15.8 Å². The first kappa shape index (κ1) is 14.9. The average molecular weight is 294 g/mol. The van der Waals surface area contributed by atoms with Gasteiger partial charge in [-0.1, -0.05) is 11.6 Å². The second-order valence-electron chi connectivity index (χ2n) is 4.86. The number of pyridine rings is 1. The molecule has 108 valence electrons. The van der Waals surface area contributed by atoms with Gasteiger partial charge in [0.15, 0.2) is 0 Å². The molecule has 3 N–H and O–H groups in total. The third-order valence-electron chi connectivity index (χ3n) is 3.21. The highest BCUT2D eigenvalue weighted by Crippen LogP contribution is 2.29. The minimum Gasteiger partial charge on any atom is -0.497 e. The van der Waals surface area contributed by atoms with Gasteiger partial charge in [-0.3, -0.25) is 0 Å². The third kappa shape index (κ3) is 3.52. The van der Waals surface area contributed by atoms with Gasteiger partial charge in [0.25, 0.3) is 0 Å². The fraction of sp³-hybridized carbons (Fsp3) is 0.400. The Labute approximate surface area is 124 Å². The molecule has 0 fully saturated rings. The summed E-state index contributed by atoms with van der Waals surface area (Å²) in [6.07, 6.45) is 2.00.